The number of hydrogen-bond acceptors (Lipinski definition) is 8. The van der Waals surface area contributed by atoms with Crippen LogP contribution in [0.5, 0.6) is 0 Å². The van der Waals surface area contributed by atoms with Crippen molar-refractivity contribution in [1.82, 2.24) is 5.32 Å². The summed E-state index contributed by atoms with van der Waals surface area (Å²) in [6.07, 6.45) is 5.46. The Morgan fingerprint density at radius 1 is 1.16 bits per heavy atom. The van der Waals surface area contributed by atoms with Gasteiger partial charge in [0, 0.05) is 12.6 Å². The van der Waals surface area contributed by atoms with Gasteiger partial charge in [-0.3, -0.25) is 14.5 Å². The highest BCUT2D eigenvalue weighted by Crippen LogP contribution is 2.25. The molecule has 2 aliphatic heterocycles. The number of aliphatic imine (C=N–C) groups is 1. The van der Waals surface area contributed by atoms with E-state index >= 15 is 0 Å². The van der Waals surface area contributed by atoms with Crippen LogP contribution in [0, 0.1) is 11.7 Å². The van der Waals surface area contributed by atoms with Crippen LogP contribution in [0.1, 0.15) is 15.9 Å². The maximum atomic E-state index is 14.8. The molecule has 3 N–H and O–H groups in total. The fourth-order valence-corrected chi connectivity index (χ4v) is 5.48. The third-order valence-corrected chi connectivity index (χ3v) is 7.97. The minimum Gasteiger partial charge on any atom is -0.480 e. The second-order valence-electron chi connectivity index (χ2n) is 9.50. The van der Waals surface area contributed by atoms with E-state index in [1.165, 1.54) is 60.4 Å². The second-order valence-corrected chi connectivity index (χ2v) is 11.1. The Labute approximate surface area is 243 Å². The maximum Gasteiger partial charge on any atom is 0.506 e. The number of sulfonamides is 1. The van der Waals surface area contributed by atoms with Gasteiger partial charge in [0.1, 0.15) is 29.2 Å². The van der Waals surface area contributed by atoms with E-state index in [0.29, 0.717) is 11.3 Å². The zero-order valence-electron chi connectivity index (χ0n) is 22.3. The highest BCUT2D eigenvalue weighted by Gasteiger charge is 2.47. The van der Waals surface area contributed by atoms with Gasteiger partial charge in [-0.15, -0.1) is 4.90 Å². The average molecular weight is 609 g/mol. The van der Waals surface area contributed by atoms with Crippen LogP contribution in [-0.2, 0) is 26.0 Å². The summed E-state index contributed by atoms with van der Waals surface area (Å²) in [4.78, 5) is 55.6. The molecule has 5 rings (SSSR count). The number of urea groups is 1. The van der Waals surface area contributed by atoms with E-state index in [1.54, 1.807) is 6.08 Å². The summed E-state index contributed by atoms with van der Waals surface area (Å²) < 4.78 is 47.6. The molecule has 0 aliphatic carbocycles. The molecular formula is C28H23FN5O8S+. The average Bonchev–Trinajstić information content (AvgIpc) is 3.53. The molecule has 220 valence electrons. The van der Waals surface area contributed by atoms with Crippen LogP contribution in [-0.4, -0.2) is 66.9 Å². The van der Waals surface area contributed by atoms with Crippen LogP contribution in [0.4, 0.5) is 20.6 Å². The van der Waals surface area contributed by atoms with Crippen LogP contribution in [0.2, 0.25) is 0 Å². The minimum atomic E-state index is -4.12. The zero-order valence-corrected chi connectivity index (χ0v) is 23.1. The Bertz CT molecular complexity index is 1830. The van der Waals surface area contributed by atoms with Gasteiger partial charge in [-0.25, -0.2) is 14.0 Å². The molecule has 2 aliphatic rings. The first-order valence-electron chi connectivity index (χ1n) is 12.6. The van der Waals surface area contributed by atoms with Gasteiger partial charge in [-0.2, -0.15) is 17.8 Å². The molecule has 0 bridgehead atoms. The lowest BCUT2D eigenvalue weighted by molar-refractivity contribution is -0.392. The Morgan fingerprint density at radius 3 is 2.56 bits per heavy atom. The Kier molecular flexibility index (Phi) is 7.74. The summed E-state index contributed by atoms with van der Waals surface area (Å²) in [5, 5.41) is 11.6. The van der Waals surface area contributed by atoms with Crippen molar-refractivity contribution < 1.29 is 46.1 Å². The molecule has 0 saturated carbocycles. The Hall–Kier alpha value is -5.44. The summed E-state index contributed by atoms with van der Waals surface area (Å²) in [5.41, 5.74) is 0.473. The topological polar surface area (TPSA) is 178 Å². The van der Waals surface area contributed by atoms with Gasteiger partial charge in [0.2, 0.25) is 5.09 Å². The van der Waals surface area contributed by atoms with E-state index in [4.69, 9.17) is 4.42 Å². The molecule has 2 atom stereocenters. The van der Waals surface area contributed by atoms with E-state index in [9.17, 15) is 37.1 Å². The Morgan fingerprint density at radius 2 is 1.91 bits per heavy atom. The van der Waals surface area contributed by atoms with Crippen molar-refractivity contribution in [2.24, 2.45) is 10.9 Å². The number of halogens is 1. The second kappa shape index (κ2) is 11.4. The molecule has 0 fully saturated rings. The van der Waals surface area contributed by atoms with Crippen molar-refractivity contribution in [1.29, 1.82) is 0 Å². The lowest BCUT2D eigenvalue weighted by atomic mass is 9.97. The number of hydrogen-bond donors (Lipinski definition) is 3. The molecule has 3 aromatic rings. The number of aliphatic carboxylic acids is 1. The monoisotopic (exact) mass is 608 g/mol. The van der Waals surface area contributed by atoms with Crippen molar-refractivity contribution in [2.45, 2.75) is 17.6 Å². The number of rotatable bonds is 9. The first-order valence-corrected chi connectivity index (χ1v) is 14.1. The molecule has 4 amide bonds. The van der Waals surface area contributed by atoms with Gasteiger partial charge < -0.3 is 14.8 Å². The van der Waals surface area contributed by atoms with Crippen molar-refractivity contribution >= 4 is 57.1 Å². The van der Waals surface area contributed by atoms with Crippen molar-refractivity contribution in [3.05, 3.63) is 90.1 Å². The van der Waals surface area contributed by atoms with Crippen molar-refractivity contribution in [3.63, 3.8) is 0 Å². The summed E-state index contributed by atoms with van der Waals surface area (Å²) in [6.45, 7) is 0. The third kappa shape index (κ3) is 5.83. The number of nitrogens with zero attached hydrogens (tertiary/aromatic N) is 3. The van der Waals surface area contributed by atoms with Gasteiger partial charge >= 0.3 is 17.9 Å². The van der Waals surface area contributed by atoms with Gasteiger partial charge in [0.15, 0.2) is 0 Å². The molecule has 1 aromatic heterocycles. The van der Waals surface area contributed by atoms with E-state index in [0.717, 1.165) is 29.4 Å². The number of imide groups is 1. The standard InChI is InChI=1S/C28H22FN5O8S/c1-33-23-15-30-11-10-20(23)26(36)34(28(33)39)18-7-4-16(5-8-18)13-22(27(37)38)31-25(35)19-9-6-17(14-21(19)29)32-43(40,41)24-3-2-12-42-24/h2-12,14-15,20,22H,13H2,1H3,(H2-,31,32,35,37,38)/p+1/t20?,22-/m0/s1. The summed E-state index contributed by atoms with van der Waals surface area (Å²) >= 11 is 0. The van der Waals surface area contributed by atoms with Crippen LogP contribution in [0.15, 0.2) is 87.6 Å². The Balaban J connectivity index is 1.27. The zero-order chi connectivity index (χ0) is 30.9. The van der Waals surface area contributed by atoms with Gasteiger partial charge in [-0.05, 0) is 54.1 Å². The number of carboxylic acids is 1. The molecule has 43 heavy (non-hydrogen) atoms. The first-order chi connectivity index (χ1) is 20.5. The van der Waals surface area contributed by atoms with Crippen LogP contribution in [0.25, 0.3) is 0 Å². The summed E-state index contributed by atoms with van der Waals surface area (Å²) in [5.74, 6) is -4.67. The van der Waals surface area contributed by atoms with Crippen LogP contribution in [0.3, 0.4) is 0 Å². The highest BCUT2D eigenvalue weighted by atomic mass is 32.2. The molecule has 0 spiro atoms. The first kappa shape index (κ1) is 29.1. The predicted octanol–water partition coefficient (Wildman–Crippen LogP) is 2.41. The largest absolute Gasteiger partial charge is 0.506 e. The lowest BCUT2D eigenvalue weighted by Gasteiger charge is -2.24. The van der Waals surface area contributed by atoms with E-state index in [2.05, 4.69) is 15.0 Å². The molecule has 3 heterocycles. The number of benzene rings is 2. The fourth-order valence-electron chi connectivity index (χ4n) is 4.51. The molecule has 0 saturated heterocycles. The quantitative estimate of drug-likeness (QED) is 0.310. The number of carbonyl (C=O) groups is 4. The molecule has 1 unspecified atom stereocenters. The van der Waals surface area contributed by atoms with Gasteiger partial charge in [0.05, 0.1) is 30.8 Å². The number of furan rings is 1. The van der Waals surface area contributed by atoms with Crippen molar-refractivity contribution in [2.75, 3.05) is 16.7 Å². The van der Waals surface area contributed by atoms with Gasteiger partial charge in [0.25, 0.3) is 15.9 Å². The predicted molar refractivity (Wildman–Crippen MR) is 150 cm³/mol. The normalized spacial score (nSPS) is 17.1. The van der Waals surface area contributed by atoms with Gasteiger partial charge in [-0.1, -0.05) is 12.1 Å². The van der Waals surface area contributed by atoms with Crippen LogP contribution >= 0.6 is 0 Å². The SMILES string of the molecule is C[N+]1=C2C=NC=CC2C(=O)N(c2ccc(C[C@H](NC(=O)c3ccc(NS(=O)(=O)c4ccco4)cc3F)C(=O)O)cc2)C1=O. The number of amides is 4. The van der Waals surface area contributed by atoms with Crippen LogP contribution < -0.4 is 14.9 Å². The number of fused-ring (bicyclic) bond motifs is 1. The number of carbonyl (C=O) groups excluding carboxylic acids is 3. The minimum absolute atomic E-state index is 0.182. The number of nitrogens with one attached hydrogen (secondary N) is 2. The highest BCUT2D eigenvalue weighted by molar-refractivity contribution is 7.92. The number of carboxylic acid groups (broad SMARTS) is 1. The van der Waals surface area contributed by atoms with E-state index in [1.807, 2.05) is 0 Å². The summed E-state index contributed by atoms with van der Waals surface area (Å²) in [6, 6.07) is 9.43. The number of anilines is 2. The fraction of sp³-hybridized carbons (Fsp3) is 0.143. The van der Waals surface area contributed by atoms with Crippen molar-refractivity contribution in [3.8, 4) is 0 Å². The summed E-state index contributed by atoms with van der Waals surface area (Å²) in [7, 11) is -2.60. The molecule has 2 aromatic carbocycles. The third-order valence-electron chi connectivity index (χ3n) is 6.71. The molecule has 13 nitrogen and oxygen atoms in total. The molecule has 15 heteroatoms. The van der Waals surface area contributed by atoms with E-state index in [-0.39, 0.29) is 17.8 Å². The smallest absolute Gasteiger partial charge is 0.480 e. The van der Waals surface area contributed by atoms with E-state index < -0.39 is 62.3 Å². The molecule has 0 radical (unpaired) electrons. The maximum absolute atomic E-state index is 14.8. The lowest BCUT2D eigenvalue weighted by Crippen LogP contribution is -2.54. The molecular weight excluding hydrogens is 585 g/mol.